The Morgan fingerprint density at radius 2 is 1.86 bits per heavy atom. The van der Waals surface area contributed by atoms with E-state index in [1.54, 1.807) is 30.4 Å². The number of nitrogens with zero attached hydrogens (tertiary/aromatic N) is 1. The molecule has 0 bridgehead atoms. The van der Waals surface area contributed by atoms with Crippen LogP contribution in [0.1, 0.15) is 40.1 Å². The predicted octanol–water partition coefficient (Wildman–Crippen LogP) is 6.44. The Morgan fingerprint density at radius 3 is 2.51 bits per heavy atom. The van der Waals surface area contributed by atoms with E-state index in [4.69, 9.17) is 16.3 Å². The molecule has 1 aliphatic heterocycles. The van der Waals surface area contributed by atoms with Gasteiger partial charge in [0.1, 0.15) is 17.1 Å². The van der Waals surface area contributed by atoms with E-state index in [1.165, 1.54) is 24.4 Å². The highest BCUT2D eigenvalue weighted by Gasteiger charge is 2.39. The van der Waals surface area contributed by atoms with Crippen molar-refractivity contribution < 1.29 is 23.8 Å². The van der Waals surface area contributed by atoms with E-state index >= 15 is 0 Å². The summed E-state index contributed by atoms with van der Waals surface area (Å²) in [4.78, 5) is 29.4. The van der Waals surface area contributed by atoms with Gasteiger partial charge in [-0.15, -0.1) is 0 Å². The maximum Gasteiger partial charge on any atom is 0.335 e. The zero-order valence-electron chi connectivity index (χ0n) is 19.2. The maximum absolute atomic E-state index is 14.6. The molecule has 0 spiro atoms. The quantitative estimate of drug-likeness (QED) is 0.368. The third-order valence-electron chi connectivity index (χ3n) is 5.66. The number of hydrogen-bond donors (Lipinski definition) is 1. The number of Topliss-reactive ketones (excluding diaryl/α,β-unsaturated/α-hetero) is 1. The Labute approximate surface area is 207 Å². The number of ketones is 1. The van der Waals surface area contributed by atoms with Crippen LogP contribution in [-0.2, 0) is 6.42 Å². The number of allylic oxidation sites excluding steroid dienone is 1. The lowest BCUT2D eigenvalue weighted by atomic mass is 9.83. The van der Waals surface area contributed by atoms with Crippen LogP contribution < -0.4 is 4.74 Å². The SMILES string of the molecule is CC(C)Oc1ccc(-c2cccc(C(=O)O)c2)cc1CC1(C(=O)c2ccc(Cl)cc2F)C=CC=N1. The summed E-state index contributed by atoms with van der Waals surface area (Å²) in [7, 11) is 0. The van der Waals surface area contributed by atoms with Gasteiger partial charge in [-0.1, -0.05) is 29.8 Å². The van der Waals surface area contributed by atoms with Gasteiger partial charge in [-0.2, -0.15) is 0 Å². The van der Waals surface area contributed by atoms with E-state index in [1.807, 2.05) is 32.0 Å². The molecule has 3 aromatic rings. The zero-order chi connectivity index (χ0) is 25.2. The lowest BCUT2D eigenvalue weighted by Gasteiger charge is -2.25. The lowest BCUT2D eigenvalue weighted by Crippen LogP contribution is -2.36. The minimum atomic E-state index is -1.36. The van der Waals surface area contributed by atoms with Crippen LogP contribution in [-0.4, -0.2) is 34.7 Å². The molecule has 0 amide bonds. The number of carboxylic acids is 1. The molecule has 7 heteroatoms. The Kier molecular flexibility index (Phi) is 6.85. The van der Waals surface area contributed by atoms with Crippen LogP contribution in [0.3, 0.4) is 0 Å². The molecule has 1 aliphatic rings. The Hall–Kier alpha value is -3.77. The molecule has 0 saturated carbocycles. The molecule has 1 atom stereocenters. The minimum absolute atomic E-state index is 0.102. The van der Waals surface area contributed by atoms with Crippen LogP contribution in [0, 0.1) is 5.82 Å². The number of rotatable bonds is 8. The Bertz CT molecular complexity index is 1350. The highest BCUT2D eigenvalue weighted by Crippen LogP contribution is 2.35. The van der Waals surface area contributed by atoms with Crippen molar-refractivity contribution in [2.75, 3.05) is 0 Å². The third-order valence-corrected chi connectivity index (χ3v) is 5.89. The molecule has 1 unspecified atom stereocenters. The summed E-state index contributed by atoms with van der Waals surface area (Å²) in [5.74, 6) is -1.66. The predicted molar refractivity (Wildman–Crippen MR) is 134 cm³/mol. The Balaban J connectivity index is 1.79. The van der Waals surface area contributed by atoms with Gasteiger partial charge in [0.25, 0.3) is 0 Å². The van der Waals surface area contributed by atoms with Crippen LogP contribution >= 0.6 is 11.6 Å². The first kappa shape index (κ1) is 24.4. The van der Waals surface area contributed by atoms with Gasteiger partial charge < -0.3 is 9.84 Å². The molecule has 0 aliphatic carbocycles. The topological polar surface area (TPSA) is 76.0 Å². The molecule has 0 aromatic heterocycles. The first-order chi connectivity index (χ1) is 16.7. The van der Waals surface area contributed by atoms with Gasteiger partial charge in [0.05, 0.1) is 17.2 Å². The number of halogens is 2. The summed E-state index contributed by atoms with van der Waals surface area (Å²) in [5.41, 5.74) is 0.853. The van der Waals surface area contributed by atoms with Gasteiger partial charge in [-0.05, 0) is 85.2 Å². The molecular formula is C28H23ClFNO4. The second-order valence-electron chi connectivity index (χ2n) is 8.57. The molecule has 4 rings (SSSR count). The summed E-state index contributed by atoms with van der Waals surface area (Å²) in [6.07, 6.45) is 4.83. The molecule has 178 valence electrons. The number of carboxylic acid groups (broad SMARTS) is 1. The molecule has 0 fully saturated rings. The number of carbonyl (C=O) groups excluding carboxylic acids is 1. The summed E-state index contributed by atoms with van der Waals surface area (Å²) >= 11 is 5.87. The lowest BCUT2D eigenvalue weighted by molar-refractivity contribution is 0.0696. The van der Waals surface area contributed by atoms with Crippen LogP contribution in [0.4, 0.5) is 4.39 Å². The van der Waals surface area contributed by atoms with Crippen molar-refractivity contribution in [3.8, 4) is 16.9 Å². The van der Waals surface area contributed by atoms with Crippen molar-refractivity contribution in [2.24, 2.45) is 4.99 Å². The van der Waals surface area contributed by atoms with E-state index in [2.05, 4.69) is 4.99 Å². The van der Waals surface area contributed by atoms with Crippen LogP contribution in [0.15, 0.2) is 77.8 Å². The first-order valence-corrected chi connectivity index (χ1v) is 11.4. The summed E-state index contributed by atoms with van der Waals surface area (Å²) < 4.78 is 20.7. The van der Waals surface area contributed by atoms with Crippen molar-refractivity contribution in [3.05, 3.63) is 100 Å². The van der Waals surface area contributed by atoms with Gasteiger partial charge >= 0.3 is 5.97 Å². The molecule has 0 saturated heterocycles. The molecule has 1 N–H and O–H groups in total. The molecule has 0 radical (unpaired) electrons. The molecular weight excluding hydrogens is 469 g/mol. The number of aliphatic imine (C=N–C) groups is 1. The number of aromatic carboxylic acids is 1. The molecule has 3 aromatic carbocycles. The summed E-state index contributed by atoms with van der Waals surface area (Å²) in [6.45, 7) is 3.79. The van der Waals surface area contributed by atoms with Crippen molar-refractivity contribution in [1.29, 1.82) is 0 Å². The number of hydrogen-bond acceptors (Lipinski definition) is 4. The average Bonchev–Trinajstić information content (AvgIpc) is 3.29. The number of benzene rings is 3. The monoisotopic (exact) mass is 491 g/mol. The average molecular weight is 492 g/mol. The maximum atomic E-state index is 14.6. The van der Waals surface area contributed by atoms with Crippen LogP contribution in [0.25, 0.3) is 11.1 Å². The fourth-order valence-electron chi connectivity index (χ4n) is 4.04. The fourth-order valence-corrected chi connectivity index (χ4v) is 4.19. The van der Waals surface area contributed by atoms with Crippen LogP contribution in [0.5, 0.6) is 5.75 Å². The van der Waals surface area contributed by atoms with Crippen LogP contribution in [0.2, 0.25) is 5.02 Å². The Morgan fingerprint density at radius 1 is 1.09 bits per heavy atom. The highest BCUT2D eigenvalue weighted by atomic mass is 35.5. The standard InChI is InChI=1S/C28H23ClFNO4/c1-17(2)35-25-10-7-19(18-5-3-6-20(13-18)27(33)34)14-21(25)16-28(11-4-12-31-28)26(32)23-9-8-22(29)15-24(23)30/h3-15,17H,16H2,1-2H3,(H,33,34). The number of carbonyl (C=O) groups is 2. The van der Waals surface area contributed by atoms with E-state index in [-0.39, 0.29) is 28.7 Å². The smallest absolute Gasteiger partial charge is 0.335 e. The highest BCUT2D eigenvalue weighted by molar-refractivity contribution is 6.30. The van der Waals surface area contributed by atoms with E-state index in [0.717, 1.165) is 11.6 Å². The largest absolute Gasteiger partial charge is 0.491 e. The van der Waals surface area contributed by atoms with Gasteiger partial charge in [0.2, 0.25) is 0 Å². The fraction of sp³-hybridized carbons (Fsp3) is 0.179. The van der Waals surface area contributed by atoms with Crippen molar-refractivity contribution >= 4 is 29.6 Å². The molecule has 35 heavy (non-hydrogen) atoms. The van der Waals surface area contributed by atoms with E-state index in [9.17, 15) is 19.1 Å². The number of ether oxygens (including phenoxy) is 1. The molecule has 5 nitrogen and oxygen atoms in total. The third kappa shape index (κ3) is 5.17. The minimum Gasteiger partial charge on any atom is -0.491 e. The second kappa shape index (κ2) is 9.84. The van der Waals surface area contributed by atoms with Crippen molar-refractivity contribution in [1.82, 2.24) is 0 Å². The van der Waals surface area contributed by atoms with E-state index < -0.39 is 23.1 Å². The van der Waals surface area contributed by atoms with Crippen molar-refractivity contribution in [3.63, 3.8) is 0 Å². The molecule has 1 heterocycles. The first-order valence-electron chi connectivity index (χ1n) is 11.0. The van der Waals surface area contributed by atoms with Gasteiger partial charge in [-0.25, -0.2) is 9.18 Å². The second-order valence-corrected chi connectivity index (χ2v) is 9.00. The normalized spacial score (nSPS) is 16.6. The summed E-state index contributed by atoms with van der Waals surface area (Å²) in [5, 5.41) is 9.56. The van der Waals surface area contributed by atoms with E-state index in [0.29, 0.717) is 16.9 Å². The summed E-state index contributed by atoms with van der Waals surface area (Å²) in [6, 6.07) is 16.0. The van der Waals surface area contributed by atoms with Gasteiger partial charge in [0.15, 0.2) is 5.78 Å². The zero-order valence-corrected chi connectivity index (χ0v) is 19.9. The van der Waals surface area contributed by atoms with Gasteiger partial charge in [-0.3, -0.25) is 9.79 Å². The van der Waals surface area contributed by atoms with Gasteiger partial charge in [0, 0.05) is 17.7 Å². The van der Waals surface area contributed by atoms with Crippen molar-refractivity contribution in [2.45, 2.75) is 31.9 Å².